The maximum absolute atomic E-state index is 12.1. The molecule has 1 saturated heterocycles. The van der Waals surface area contributed by atoms with Gasteiger partial charge in [-0.1, -0.05) is 55.0 Å². The van der Waals surface area contributed by atoms with E-state index in [0.717, 1.165) is 41.3 Å². The molecule has 1 aliphatic heterocycles. The number of benzene rings is 3. The van der Waals surface area contributed by atoms with Crippen LogP contribution in [0, 0.1) is 0 Å². The molecule has 5 nitrogen and oxygen atoms in total. The molecule has 1 heterocycles. The molecule has 0 radical (unpaired) electrons. The molecular weight excluding hydrogens is 378 g/mol. The third-order valence-electron chi connectivity index (χ3n) is 5.98. The number of hydrogen-bond acceptors (Lipinski definition) is 4. The van der Waals surface area contributed by atoms with E-state index in [2.05, 4.69) is 35.2 Å². The number of ether oxygens (including phenoxy) is 2. The minimum absolute atomic E-state index is 0.249. The lowest BCUT2D eigenvalue weighted by atomic mass is 9.90. The van der Waals surface area contributed by atoms with Crippen molar-refractivity contribution in [2.45, 2.75) is 31.3 Å². The molecule has 2 atom stereocenters. The Kier molecular flexibility index (Phi) is 5.91. The highest BCUT2D eigenvalue weighted by molar-refractivity contribution is 5.83. The van der Waals surface area contributed by atoms with Gasteiger partial charge in [0.05, 0.1) is 20.3 Å². The Morgan fingerprint density at radius 2 is 1.80 bits per heavy atom. The van der Waals surface area contributed by atoms with Crippen LogP contribution in [0.15, 0.2) is 60.7 Å². The van der Waals surface area contributed by atoms with Crippen LogP contribution in [0.1, 0.15) is 36.4 Å². The average molecular weight is 405 g/mol. The molecule has 5 heteroatoms. The van der Waals surface area contributed by atoms with Gasteiger partial charge in [-0.2, -0.15) is 0 Å². The summed E-state index contributed by atoms with van der Waals surface area (Å²) in [4.78, 5) is 14.2. The monoisotopic (exact) mass is 405 g/mol. The van der Waals surface area contributed by atoms with Crippen LogP contribution in [0.2, 0.25) is 0 Å². The van der Waals surface area contributed by atoms with Gasteiger partial charge in [0.15, 0.2) is 11.5 Å². The molecule has 1 aliphatic rings. The molecule has 3 aromatic carbocycles. The highest BCUT2D eigenvalue weighted by Crippen LogP contribution is 2.42. The van der Waals surface area contributed by atoms with Crippen LogP contribution in [0.4, 0.5) is 0 Å². The Bertz CT molecular complexity index is 1050. The molecule has 0 aromatic heterocycles. The van der Waals surface area contributed by atoms with E-state index in [1.54, 1.807) is 14.2 Å². The number of likely N-dealkylation sites (tertiary alicyclic amines) is 1. The topological polar surface area (TPSA) is 59.0 Å². The lowest BCUT2D eigenvalue weighted by Gasteiger charge is -2.40. The van der Waals surface area contributed by atoms with Gasteiger partial charge in [-0.15, -0.1) is 0 Å². The van der Waals surface area contributed by atoms with Gasteiger partial charge in [0.1, 0.15) is 6.04 Å². The molecule has 0 bridgehead atoms. The third kappa shape index (κ3) is 3.73. The van der Waals surface area contributed by atoms with E-state index in [-0.39, 0.29) is 6.04 Å². The van der Waals surface area contributed by atoms with Crippen molar-refractivity contribution < 1.29 is 19.4 Å². The van der Waals surface area contributed by atoms with Gasteiger partial charge in [0.2, 0.25) is 0 Å². The molecule has 4 rings (SSSR count). The number of aliphatic carboxylic acids is 1. The number of carboxylic acids is 1. The van der Waals surface area contributed by atoms with Crippen molar-refractivity contribution in [1.82, 2.24) is 4.90 Å². The smallest absolute Gasteiger partial charge is 0.320 e. The van der Waals surface area contributed by atoms with Crippen molar-refractivity contribution in [3.63, 3.8) is 0 Å². The fourth-order valence-electron chi connectivity index (χ4n) is 4.58. The second kappa shape index (κ2) is 8.76. The highest BCUT2D eigenvalue weighted by atomic mass is 16.5. The van der Waals surface area contributed by atoms with Crippen LogP contribution in [-0.4, -0.2) is 42.8 Å². The summed E-state index contributed by atoms with van der Waals surface area (Å²) in [5.41, 5.74) is 1.97. The van der Waals surface area contributed by atoms with Crippen molar-refractivity contribution in [2.75, 3.05) is 20.8 Å². The number of methoxy groups -OCH3 is 2. The molecule has 0 amide bonds. The summed E-state index contributed by atoms with van der Waals surface area (Å²) in [6.07, 6.45) is 2.54. The quantitative estimate of drug-likeness (QED) is 0.633. The molecule has 30 heavy (non-hydrogen) atoms. The molecule has 2 unspecified atom stereocenters. The molecule has 156 valence electrons. The number of piperidine rings is 1. The molecule has 0 aliphatic carbocycles. The Hall–Kier alpha value is -3.05. The summed E-state index contributed by atoms with van der Waals surface area (Å²) in [5.74, 6) is 0.514. The molecular formula is C25H27NO4. The van der Waals surface area contributed by atoms with Crippen molar-refractivity contribution >= 4 is 16.7 Å². The van der Waals surface area contributed by atoms with Gasteiger partial charge in [0, 0.05) is 5.56 Å². The zero-order chi connectivity index (χ0) is 21.1. The fourth-order valence-corrected chi connectivity index (χ4v) is 4.58. The number of carbonyl (C=O) groups is 1. The molecule has 1 fully saturated rings. The van der Waals surface area contributed by atoms with E-state index in [4.69, 9.17) is 9.47 Å². The van der Waals surface area contributed by atoms with Gasteiger partial charge in [-0.25, -0.2) is 0 Å². The van der Waals surface area contributed by atoms with Crippen molar-refractivity contribution in [3.8, 4) is 11.5 Å². The predicted molar refractivity (Wildman–Crippen MR) is 117 cm³/mol. The normalized spacial score (nSPS) is 18.1. The van der Waals surface area contributed by atoms with Gasteiger partial charge >= 0.3 is 5.97 Å². The first-order chi connectivity index (χ1) is 14.6. The zero-order valence-corrected chi connectivity index (χ0v) is 17.4. The summed E-state index contributed by atoms with van der Waals surface area (Å²) in [6, 6.07) is 19.6. The summed E-state index contributed by atoms with van der Waals surface area (Å²) in [7, 11) is 3.25. The number of hydrogen-bond donors (Lipinski definition) is 1. The molecule has 3 aromatic rings. The standard InChI is InChI=1S/C25H27NO4/c1-29-22-12-7-10-20(24(22)30-2)23(26-15-6-5-11-21(26)25(27)28)19-14-13-17-8-3-4-9-18(17)16-19/h3-4,7-10,12-14,16,21,23H,5-6,11,15H2,1-2H3,(H,27,28). The minimum atomic E-state index is -0.776. The van der Waals surface area contributed by atoms with Crippen LogP contribution in [0.5, 0.6) is 11.5 Å². The van der Waals surface area contributed by atoms with Crippen LogP contribution < -0.4 is 9.47 Å². The Balaban J connectivity index is 1.92. The maximum atomic E-state index is 12.1. The average Bonchev–Trinajstić information content (AvgIpc) is 2.79. The number of rotatable bonds is 6. The van der Waals surface area contributed by atoms with Crippen LogP contribution in [-0.2, 0) is 4.79 Å². The van der Waals surface area contributed by atoms with E-state index in [1.165, 1.54) is 0 Å². The van der Waals surface area contributed by atoms with Gasteiger partial charge in [-0.05, 0) is 47.9 Å². The van der Waals surface area contributed by atoms with Crippen molar-refractivity contribution in [1.29, 1.82) is 0 Å². The van der Waals surface area contributed by atoms with Gasteiger partial charge in [0.25, 0.3) is 0 Å². The minimum Gasteiger partial charge on any atom is -0.493 e. The van der Waals surface area contributed by atoms with Crippen LogP contribution in [0.25, 0.3) is 10.8 Å². The van der Waals surface area contributed by atoms with E-state index in [0.29, 0.717) is 17.9 Å². The largest absolute Gasteiger partial charge is 0.493 e. The van der Waals surface area contributed by atoms with E-state index in [1.807, 2.05) is 30.3 Å². The summed E-state index contributed by atoms with van der Waals surface area (Å²) in [6.45, 7) is 0.717. The predicted octanol–water partition coefficient (Wildman–Crippen LogP) is 4.89. The molecule has 1 N–H and O–H groups in total. The first kappa shape index (κ1) is 20.2. The summed E-state index contributed by atoms with van der Waals surface area (Å²) >= 11 is 0. The Morgan fingerprint density at radius 3 is 2.53 bits per heavy atom. The Morgan fingerprint density at radius 1 is 1.00 bits per heavy atom. The second-order valence-electron chi connectivity index (χ2n) is 7.68. The number of para-hydroxylation sites is 1. The summed E-state index contributed by atoms with van der Waals surface area (Å²) < 4.78 is 11.3. The molecule has 0 saturated carbocycles. The Labute approximate surface area is 176 Å². The highest BCUT2D eigenvalue weighted by Gasteiger charge is 2.36. The molecule has 0 spiro atoms. The fraction of sp³-hybridized carbons (Fsp3) is 0.320. The SMILES string of the molecule is COc1cccc(C(c2ccc3ccccc3c2)N2CCCCC2C(=O)O)c1OC. The van der Waals surface area contributed by atoms with E-state index < -0.39 is 12.0 Å². The maximum Gasteiger partial charge on any atom is 0.320 e. The number of nitrogens with zero attached hydrogens (tertiary/aromatic N) is 1. The number of carboxylic acid groups (broad SMARTS) is 1. The first-order valence-electron chi connectivity index (χ1n) is 10.3. The van der Waals surface area contributed by atoms with Crippen molar-refractivity contribution in [3.05, 3.63) is 71.8 Å². The first-order valence-corrected chi connectivity index (χ1v) is 10.3. The van der Waals surface area contributed by atoms with Crippen LogP contribution in [0.3, 0.4) is 0 Å². The second-order valence-corrected chi connectivity index (χ2v) is 7.68. The zero-order valence-electron chi connectivity index (χ0n) is 17.4. The van der Waals surface area contributed by atoms with Gasteiger partial charge in [-0.3, -0.25) is 9.69 Å². The summed E-state index contributed by atoms with van der Waals surface area (Å²) in [5, 5.41) is 12.2. The third-order valence-corrected chi connectivity index (χ3v) is 5.98. The van der Waals surface area contributed by atoms with Gasteiger partial charge < -0.3 is 14.6 Å². The number of fused-ring (bicyclic) bond motifs is 1. The van der Waals surface area contributed by atoms with E-state index in [9.17, 15) is 9.90 Å². The van der Waals surface area contributed by atoms with E-state index >= 15 is 0 Å². The lowest BCUT2D eigenvalue weighted by Crippen LogP contribution is -2.46. The lowest BCUT2D eigenvalue weighted by molar-refractivity contribution is -0.145. The van der Waals surface area contributed by atoms with Crippen LogP contribution >= 0.6 is 0 Å². The van der Waals surface area contributed by atoms with Crippen molar-refractivity contribution in [2.24, 2.45) is 0 Å².